The van der Waals surface area contributed by atoms with Crippen LogP contribution in [0.3, 0.4) is 0 Å². The van der Waals surface area contributed by atoms with E-state index in [0.29, 0.717) is 25.4 Å². The van der Waals surface area contributed by atoms with Gasteiger partial charge in [-0.05, 0) is 30.0 Å². The number of rotatable bonds is 10. The second-order valence-electron chi connectivity index (χ2n) is 5.31. The summed E-state index contributed by atoms with van der Waals surface area (Å²) in [5.74, 6) is 0.971. The molecule has 3 rings (SSSR count). The van der Waals surface area contributed by atoms with E-state index in [2.05, 4.69) is 31.0 Å². The van der Waals surface area contributed by atoms with Gasteiger partial charge in [0.05, 0.1) is 5.75 Å². The van der Waals surface area contributed by atoms with Crippen LogP contribution in [0.1, 0.15) is 6.92 Å². The molecule has 0 fully saturated rings. The summed E-state index contributed by atoms with van der Waals surface area (Å²) in [6, 6.07) is 6.69. The number of amides is 2. The highest BCUT2D eigenvalue weighted by Crippen LogP contribution is 2.27. The molecule has 2 N–H and O–H groups in total. The monoisotopic (exact) mass is 502 g/mol. The molecule has 0 bridgehead atoms. The highest BCUT2D eigenvalue weighted by molar-refractivity contribution is 8.01. The van der Waals surface area contributed by atoms with Crippen molar-refractivity contribution in [2.75, 3.05) is 28.7 Å². The molecule has 2 amide bonds. The highest BCUT2D eigenvalue weighted by atomic mass is 35.5. The molecular formula is C16H15ClN6O3S4. The molecule has 3 aromatic rings. The summed E-state index contributed by atoms with van der Waals surface area (Å²) in [6.45, 7) is 1.85. The summed E-state index contributed by atoms with van der Waals surface area (Å²) in [5, 5.41) is 22.4. The van der Waals surface area contributed by atoms with Crippen LogP contribution in [-0.4, -0.2) is 50.3 Å². The van der Waals surface area contributed by atoms with Crippen molar-refractivity contribution in [1.82, 2.24) is 20.4 Å². The standard InChI is InChI=1S/C16H15ClN6O3S4/c1-2-27-15-22-21-14(29-15)19-12(25)8-28-16-23-20-13(30-16)18-11(24)7-26-10-5-3-9(17)4-6-10/h3-6H,2,7-8H2,1H3,(H,18,20,24)(H,19,21,25). The lowest BCUT2D eigenvalue weighted by Crippen LogP contribution is -2.20. The van der Waals surface area contributed by atoms with E-state index in [4.69, 9.17) is 16.3 Å². The number of anilines is 2. The normalized spacial score (nSPS) is 10.6. The minimum atomic E-state index is -0.368. The van der Waals surface area contributed by atoms with Gasteiger partial charge in [-0.3, -0.25) is 20.2 Å². The average Bonchev–Trinajstić information content (AvgIpc) is 3.35. The summed E-state index contributed by atoms with van der Waals surface area (Å²) in [6.07, 6.45) is 0. The fraction of sp³-hybridized carbons (Fsp3) is 0.250. The van der Waals surface area contributed by atoms with E-state index >= 15 is 0 Å². The summed E-state index contributed by atoms with van der Waals surface area (Å²) >= 11 is 11.1. The fourth-order valence-electron chi connectivity index (χ4n) is 1.88. The third-order valence-corrected chi connectivity index (χ3v) is 7.16. The fourth-order valence-corrected chi connectivity index (χ4v) is 5.24. The van der Waals surface area contributed by atoms with E-state index in [1.807, 2.05) is 6.92 Å². The number of aromatic nitrogens is 4. The van der Waals surface area contributed by atoms with Crippen molar-refractivity contribution in [1.29, 1.82) is 0 Å². The van der Waals surface area contributed by atoms with Crippen molar-refractivity contribution in [2.24, 2.45) is 0 Å². The van der Waals surface area contributed by atoms with Crippen LogP contribution in [0.15, 0.2) is 32.9 Å². The van der Waals surface area contributed by atoms with Crippen LogP contribution < -0.4 is 15.4 Å². The van der Waals surface area contributed by atoms with Gasteiger partial charge in [0.25, 0.3) is 5.91 Å². The van der Waals surface area contributed by atoms with Crippen molar-refractivity contribution in [2.45, 2.75) is 15.6 Å². The first-order valence-corrected chi connectivity index (χ1v) is 12.4. The third-order valence-electron chi connectivity index (χ3n) is 3.08. The number of benzene rings is 1. The SMILES string of the molecule is CCSc1nnc(NC(=O)CSc2nnc(NC(=O)COc3ccc(Cl)cc3)s2)s1. The zero-order chi connectivity index (χ0) is 21.3. The van der Waals surface area contributed by atoms with Crippen LogP contribution in [0.4, 0.5) is 10.3 Å². The molecule has 0 spiro atoms. The molecule has 30 heavy (non-hydrogen) atoms. The van der Waals surface area contributed by atoms with Crippen molar-refractivity contribution in [3.8, 4) is 5.75 Å². The minimum absolute atomic E-state index is 0.137. The predicted octanol–water partition coefficient (Wildman–Crippen LogP) is 3.90. The first-order chi connectivity index (χ1) is 14.5. The van der Waals surface area contributed by atoms with Crippen molar-refractivity contribution in [3.05, 3.63) is 29.3 Å². The first kappa shape index (κ1) is 22.7. The number of carbonyl (C=O) groups excluding carboxylic acids is 2. The average molecular weight is 503 g/mol. The van der Waals surface area contributed by atoms with Crippen LogP contribution in [0.2, 0.25) is 5.02 Å². The Labute approximate surface area is 193 Å². The van der Waals surface area contributed by atoms with Gasteiger partial charge in [-0.15, -0.1) is 20.4 Å². The van der Waals surface area contributed by atoms with Gasteiger partial charge in [0.15, 0.2) is 15.3 Å². The number of hydrogen-bond acceptors (Lipinski definition) is 11. The lowest BCUT2D eigenvalue weighted by molar-refractivity contribution is -0.118. The largest absolute Gasteiger partial charge is 0.484 e. The number of carbonyl (C=O) groups is 2. The number of hydrogen-bond donors (Lipinski definition) is 2. The van der Waals surface area contributed by atoms with Gasteiger partial charge in [-0.1, -0.05) is 64.7 Å². The lowest BCUT2D eigenvalue weighted by Gasteiger charge is -2.05. The van der Waals surface area contributed by atoms with Crippen LogP contribution in [0, 0.1) is 0 Å². The molecule has 9 nitrogen and oxygen atoms in total. The Morgan fingerprint density at radius 3 is 2.20 bits per heavy atom. The Balaban J connectivity index is 1.40. The maximum atomic E-state index is 12.0. The summed E-state index contributed by atoms with van der Waals surface area (Å²) in [5.41, 5.74) is 0. The van der Waals surface area contributed by atoms with Crippen molar-refractivity contribution in [3.63, 3.8) is 0 Å². The molecule has 0 radical (unpaired) electrons. The molecule has 0 atom stereocenters. The molecule has 2 heterocycles. The molecule has 0 saturated carbocycles. The van der Waals surface area contributed by atoms with E-state index in [1.165, 1.54) is 34.4 Å². The summed E-state index contributed by atoms with van der Waals surface area (Å²) in [4.78, 5) is 24.0. The molecule has 1 aromatic carbocycles. The maximum absolute atomic E-state index is 12.0. The second-order valence-corrected chi connectivity index (χ2v) is 10.4. The molecule has 0 aliphatic rings. The number of thioether (sulfide) groups is 2. The summed E-state index contributed by atoms with van der Waals surface area (Å²) in [7, 11) is 0. The Bertz CT molecular complexity index is 997. The molecule has 0 saturated heterocycles. The Kier molecular flexibility index (Phi) is 8.69. The number of nitrogens with zero attached hydrogens (tertiary/aromatic N) is 4. The molecule has 0 unspecified atom stereocenters. The van der Waals surface area contributed by atoms with E-state index in [0.717, 1.165) is 10.1 Å². The number of nitrogens with one attached hydrogen (secondary N) is 2. The predicted molar refractivity (Wildman–Crippen MR) is 121 cm³/mol. The van der Waals surface area contributed by atoms with Crippen LogP contribution in [0.25, 0.3) is 0 Å². The molecule has 2 aromatic heterocycles. The molecule has 158 valence electrons. The Morgan fingerprint density at radius 1 is 0.967 bits per heavy atom. The van der Waals surface area contributed by atoms with Gasteiger partial charge in [0, 0.05) is 5.02 Å². The minimum Gasteiger partial charge on any atom is -0.484 e. The van der Waals surface area contributed by atoms with Gasteiger partial charge in [0.2, 0.25) is 16.2 Å². The molecule has 14 heteroatoms. The topological polar surface area (TPSA) is 119 Å². The highest BCUT2D eigenvalue weighted by Gasteiger charge is 2.13. The van der Waals surface area contributed by atoms with Gasteiger partial charge in [-0.2, -0.15) is 0 Å². The van der Waals surface area contributed by atoms with Crippen LogP contribution >= 0.6 is 57.8 Å². The van der Waals surface area contributed by atoms with Gasteiger partial charge in [0.1, 0.15) is 5.75 Å². The van der Waals surface area contributed by atoms with E-state index in [1.54, 1.807) is 36.0 Å². The third kappa shape index (κ3) is 7.40. The lowest BCUT2D eigenvalue weighted by atomic mass is 10.3. The Hall–Kier alpha value is -1.93. The Morgan fingerprint density at radius 2 is 1.57 bits per heavy atom. The maximum Gasteiger partial charge on any atom is 0.264 e. The molecule has 0 aliphatic heterocycles. The smallest absolute Gasteiger partial charge is 0.264 e. The second kappa shape index (κ2) is 11.5. The van der Waals surface area contributed by atoms with Crippen LogP contribution in [0.5, 0.6) is 5.75 Å². The van der Waals surface area contributed by atoms with Gasteiger partial charge < -0.3 is 4.74 Å². The van der Waals surface area contributed by atoms with E-state index in [9.17, 15) is 9.59 Å². The van der Waals surface area contributed by atoms with E-state index in [-0.39, 0.29) is 24.2 Å². The first-order valence-electron chi connectivity index (χ1n) is 8.42. The summed E-state index contributed by atoms with van der Waals surface area (Å²) < 4.78 is 6.73. The zero-order valence-electron chi connectivity index (χ0n) is 15.5. The molecule has 0 aliphatic carbocycles. The zero-order valence-corrected chi connectivity index (χ0v) is 19.5. The van der Waals surface area contributed by atoms with Gasteiger partial charge in [-0.25, -0.2) is 0 Å². The number of halogens is 1. The van der Waals surface area contributed by atoms with E-state index < -0.39 is 0 Å². The molecular weight excluding hydrogens is 488 g/mol. The van der Waals surface area contributed by atoms with Crippen molar-refractivity contribution < 1.29 is 14.3 Å². The quantitative estimate of drug-likeness (QED) is 0.314. The van der Waals surface area contributed by atoms with Crippen LogP contribution in [-0.2, 0) is 9.59 Å². The number of ether oxygens (including phenoxy) is 1. The van der Waals surface area contributed by atoms with Gasteiger partial charge >= 0.3 is 0 Å². The van der Waals surface area contributed by atoms with Crippen molar-refractivity contribution >= 4 is 79.9 Å².